The van der Waals surface area contributed by atoms with Crippen LogP contribution in [0.1, 0.15) is 30.9 Å². The molecule has 2 aliphatic rings. The number of likely N-dealkylation sites (tertiary alicyclic amines) is 1. The molecule has 1 saturated heterocycles. The van der Waals surface area contributed by atoms with Crippen LogP contribution in [0.25, 0.3) is 11.1 Å². The molecule has 0 aromatic heterocycles. The first-order valence-corrected chi connectivity index (χ1v) is 9.07. The highest BCUT2D eigenvalue weighted by Gasteiger charge is 2.25. The number of hydrogen-bond acceptors (Lipinski definition) is 2. The summed E-state index contributed by atoms with van der Waals surface area (Å²) < 4.78 is 0. The van der Waals surface area contributed by atoms with E-state index < -0.39 is 0 Å². The van der Waals surface area contributed by atoms with Gasteiger partial charge in [0.15, 0.2) is 0 Å². The Morgan fingerprint density at radius 2 is 1.84 bits per heavy atom. The van der Waals surface area contributed by atoms with Gasteiger partial charge in [-0.1, -0.05) is 30.3 Å². The molecule has 4 nitrogen and oxygen atoms in total. The Bertz CT molecular complexity index is 792. The number of urea groups is 1. The van der Waals surface area contributed by atoms with E-state index in [1.807, 2.05) is 17.9 Å². The molecule has 4 rings (SSSR count). The Balaban J connectivity index is 1.43. The lowest BCUT2D eigenvalue weighted by Crippen LogP contribution is -2.42. The highest BCUT2D eigenvalue weighted by Crippen LogP contribution is 2.37. The third-order valence-electron chi connectivity index (χ3n) is 5.55. The first kappa shape index (κ1) is 16.2. The maximum Gasteiger partial charge on any atom is 0.321 e. The summed E-state index contributed by atoms with van der Waals surface area (Å²) in [5.74, 6) is 0.308. The van der Waals surface area contributed by atoms with Gasteiger partial charge in [0.05, 0.1) is 6.10 Å². The van der Waals surface area contributed by atoms with Crippen LogP contribution in [0, 0.1) is 5.92 Å². The standard InChI is InChI=1S/C21H24N2O2/c1-14(24)15-8-10-23(11-9-15)21(25)22-18-6-7-20-17(13-18)12-16-4-2-3-5-19(16)20/h2-7,13-15,24H,8-12H2,1H3,(H,22,25). The summed E-state index contributed by atoms with van der Waals surface area (Å²) in [5, 5.41) is 12.7. The summed E-state index contributed by atoms with van der Waals surface area (Å²) in [7, 11) is 0. The Morgan fingerprint density at radius 3 is 2.60 bits per heavy atom. The van der Waals surface area contributed by atoms with E-state index in [2.05, 4.69) is 41.7 Å². The minimum Gasteiger partial charge on any atom is -0.393 e. The van der Waals surface area contributed by atoms with E-state index in [0.717, 1.165) is 24.9 Å². The van der Waals surface area contributed by atoms with E-state index in [1.54, 1.807) is 0 Å². The number of carbonyl (C=O) groups is 1. The fourth-order valence-electron chi connectivity index (χ4n) is 4.01. The van der Waals surface area contributed by atoms with Crippen molar-refractivity contribution in [3.63, 3.8) is 0 Å². The quantitative estimate of drug-likeness (QED) is 0.746. The van der Waals surface area contributed by atoms with Gasteiger partial charge in [0, 0.05) is 18.8 Å². The summed E-state index contributed by atoms with van der Waals surface area (Å²) in [4.78, 5) is 14.4. The van der Waals surface area contributed by atoms with Crippen molar-refractivity contribution in [2.75, 3.05) is 18.4 Å². The van der Waals surface area contributed by atoms with Crippen molar-refractivity contribution in [2.24, 2.45) is 5.92 Å². The third-order valence-corrected chi connectivity index (χ3v) is 5.55. The number of carbonyl (C=O) groups excluding carboxylic acids is 1. The van der Waals surface area contributed by atoms with Gasteiger partial charge in [-0.2, -0.15) is 0 Å². The molecule has 0 radical (unpaired) electrons. The largest absolute Gasteiger partial charge is 0.393 e. The van der Waals surface area contributed by atoms with Gasteiger partial charge in [0.25, 0.3) is 0 Å². The summed E-state index contributed by atoms with van der Waals surface area (Å²) in [5.41, 5.74) is 6.05. The second kappa shape index (κ2) is 6.52. The SMILES string of the molecule is CC(O)C1CCN(C(=O)Nc2ccc3c(c2)Cc2ccccc2-3)CC1. The molecular formula is C21H24N2O2. The van der Waals surface area contributed by atoms with Crippen LogP contribution in [-0.2, 0) is 6.42 Å². The Hall–Kier alpha value is -2.33. The van der Waals surface area contributed by atoms with Crippen molar-refractivity contribution in [1.82, 2.24) is 4.90 Å². The van der Waals surface area contributed by atoms with Crippen LogP contribution in [0.2, 0.25) is 0 Å². The first-order valence-electron chi connectivity index (χ1n) is 9.07. The first-order chi connectivity index (χ1) is 12.1. The molecule has 1 unspecified atom stereocenters. The number of aliphatic hydroxyl groups is 1. The number of piperidine rings is 1. The number of nitrogens with zero attached hydrogens (tertiary/aromatic N) is 1. The number of benzene rings is 2. The third kappa shape index (κ3) is 3.14. The zero-order chi connectivity index (χ0) is 17.4. The van der Waals surface area contributed by atoms with E-state index in [4.69, 9.17) is 0 Å². The zero-order valence-corrected chi connectivity index (χ0v) is 14.5. The van der Waals surface area contributed by atoms with Crippen molar-refractivity contribution in [3.05, 3.63) is 53.6 Å². The van der Waals surface area contributed by atoms with Crippen LogP contribution >= 0.6 is 0 Å². The van der Waals surface area contributed by atoms with E-state index >= 15 is 0 Å². The molecule has 1 aliphatic heterocycles. The minimum atomic E-state index is -0.288. The molecule has 130 valence electrons. The minimum absolute atomic E-state index is 0.0421. The fourth-order valence-corrected chi connectivity index (χ4v) is 4.01. The molecule has 0 bridgehead atoms. The molecular weight excluding hydrogens is 312 g/mol. The number of amides is 2. The summed E-state index contributed by atoms with van der Waals surface area (Å²) in [6.07, 6.45) is 2.37. The van der Waals surface area contributed by atoms with Gasteiger partial charge < -0.3 is 15.3 Å². The molecule has 1 atom stereocenters. The molecule has 1 fully saturated rings. The monoisotopic (exact) mass is 336 g/mol. The predicted molar refractivity (Wildman–Crippen MR) is 99.7 cm³/mol. The molecule has 2 amide bonds. The van der Waals surface area contributed by atoms with E-state index in [0.29, 0.717) is 19.0 Å². The highest BCUT2D eigenvalue weighted by atomic mass is 16.3. The van der Waals surface area contributed by atoms with Gasteiger partial charge in [0.2, 0.25) is 0 Å². The van der Waals surface area contributed by atoms with Gasteiger partial charge >= 0.3 is 6.03 Å². The normalized spacial score (nSPS) is 17.8. The molecule has 25 heavy (non-hydrogen) atoms. The molecule has 2 aromatic carbocycles. The number of rotatable bonds is 2. The molecule has 2 N–H and O–H groups in total. The van der Waals surface area contributed by atoms with Crippen molar-refractivity contribution in [3.8, 4) is 11.1 Å². The van der Waals surface area contributed by atoms with E-state index in [9.17, 15) is 9.90 Å². The Morgan fingerprint density at radius 1 is 1.12 bits per heavy atom. The van der Waals surface area contributed by atoms with E-state index in [1.165, 1.54) is 22.3 Å². The van der Waals surface area contributed by atoms with Crippen LogP contribution < -0.4 is 5.32 Å². The van der Waals surface area contributed by atoms with Crippen LogP contribution in [-0.4, -0.2) is 35.2 Å². The number of fused-ring (bicyclic) bond motifs is 3. The van der Waals surface area contributed by atoms with E-state index in [-0.39, 0.29) is 12.1 Å². The smallest absolute Gasteiger partial charge is 0.321 e. The van der Waals surface area contributed by atoms with Gasteiger partial charge in [-0.15, -0.1) is 0 Å². The molecule has 0 saturated carbocycles. The average molecular weight is 336 g/mol. The summed E-state index contributed by atoms with van der Waals surface area (Å²) >= 11 is 0. The molecule has 2 aromatic rings. The number of hydrogen-bond donors (Lipinski definition) is 2. The van der Waals surface area contributed by atoms with Crippen LogP contribution in [0.4, 0.5) is 10.5 Å². The number of aliphatic hydroxyl groups excluding tert-OH is 1. The fraction of sp³-hybridized carbons (Fsp3) is 0.381. The number of anilines is 1. The van der Waals surface area contributed by atoms with Gasteiger partial charge in [-0.3, -0.25) is 0 Å². The molecule has 1 aliphatic carbocycles. The number of nitrogens with one attached hydrogen (secondary N) is 1. The maximum absolute atomic E-state index is 12.5. The van der Waals surface area contributed by atoms with Crippen LogP contribution in [0.3, 0.4) is 0 Å². The zero-order valence-electron chi connectivity index (χ0n) is 14.5. The second-order valence-electron chi connectivity index (χ2n) is 7.20. The van der Waals surface area contributed by atoms with Gasteiger partial charge in [-0.05, 0) is 66.5 Å². The lowest BCUT2D eigenvalue weighted by molar-refractivity contribution is 0.0820. The second-order valence-corrected chi connectivity index (χ2v) is 7.20. The van der Waals surface area contributed by atoms with Crippen LogP contribution in [0.5, 0.6) is 0 Å². The molecule has 4 heteroatoms. The molecule has 1 heterocycles. The highest BCUT2D eigenvalue weighted by molar-refractivity contribution is 5.90. The lowest BCUT2D eigenvalue weighted by Gasteiger charge is -2.33. The van der Waals surface area contributed by atoms with Gasteiger partial charge in [-0.25, -0.2) is 4.79 Å². The Kier molecular flexibility index (Phi) is 4.22. The van der Waals surface area contributed by atoms with Crippen molar-refractivity contribution in [1.29, 1.82) is 0 Å². The maximum atomic E-state index is 12.5. The predicted octanol–water partition coefficient (Wildman–Crippen LogP) is 3.88. The van der Waals surface area contributed by atoms with Gasteiger partial charge in [0.1, 0.15) is 0 Å². The Labute approximate surface area is 148 Å². The lowest BCUT2D eigenvalue weighted by atomic mass is 9.92. The van der Waals surface area contributed by atoms with Crippen molar-refractivity contribution < 1.29 is 9.90 Å². The molecule has 0 spiro atoms. The topological polar surface area (TPSA) is 52.6 Å². The van der Waals surface area contributed by atoms with Crippen molar-refractivity contribution in [2.45, 2.75) is 32.3 Å². The van der Waals surface area contributed by atoms with Crippen molar-refractivity contribution >= 4 is 11.7 Å². The summed E-state index contributed by atoms with van der Waals surface area (Å²) in [6.45, 7) is 3.25. The average Bonchev–Trinajstić information content (AvgIpc) is 2.99. The van der Waals surface area contributed by atoms with Crippen LogP contribution in [0.15, 0.2) is 42.5 Å². The summed E-state index contributed by atoms with van der Waals surface area (Å²) in [6, 6.07) is 14.6.